The molecule has 0 saturated carbocycles. The van der Waals surface area contributed by atoms with Crippen molar-refractivity contribution in [1.82, 2.24) is 10.2 Å². The summed E-state index contributed by atoms with van der Waals surface area (Å²) in [5.41, 5.74) is -0.844. The van der Waals surface area contributed by atoms with Crippen LogP contribution in [0, 0.1) is 5.41 Å². The molecular weight excluding hydrogens is 352 g/mol. The van der Waals surface area contributed by atoms with Gasteiger partial charge in [-0.05, 0) is 51.2 Å². The topological polar surface area (TPSA) is 67.9 Å². The van der Waals surface area contributed by atoms with Gasteiger partial charge >= 0.3 is 5.97 Å². The second-order valence-corrected chi connectivity index (χ2v) is 8.53. The molecule has 1 fully saturated rings. The minimum Gasteiger partial charge on any atom is -0.467 e. The van der Waals surface area contributed by atoms with Gasteiger partial charge in [-0.15, -0.1) is 0 Å². The van der Waals surface area contributed by atoms with Crippen LogP contribution >= 0.6 is 12.2 Å². The summed E-state index contributed by atoms with van der Waals surface area (Å²) >= 11 is 5.25. The Balaban J connectivity index is 0.00000301. The van der Waals surface area contributed by atoms with Gasteiger partial charge in [-0.3, -0.25) is 4.79 Å². The summed E-state index contributed by atoms with van der Waals surface area (Å²) < 4.78 is 10.5. The van der Waals surface area contributed by atoms with E-state index in [1.54, 1.807) is 4.90 Å². The molecule has 0 aromatic carbocycles. The first-order chi connectivity index (χ1) is 11.9. The summed E-state index contributed by atoms with van der Waals surface area (Å²) in [6, 6.07) is -1.11. The number of nitrogens with one attached hydrogen (secondary N) is 1. The molecular formula is C19H36N2O4S. The quantitative estimate of drug-likeness (QED) is 0.591. The summed E-state index contributed by atoms with van der Waals surface area (Å²) in [5, 5.41) is 3.22. The van der Waals surface area contributed by atoms with Gasteiger partial charge < -0.3 is 19.7 Å². The van der Waals surface area contributed by atoms with Crippen LogP contribution in [0.2, 0.25) is 0 Å². The molecule has 1 aliphatic rings. The second-order valence-electron chi connectivity index (χ2n) is 8.16. The Morgan fingerprint density at radius 2 is 1.69 bits per heavy atom. The molecule has 0 bridgehead atoms. The summed E-state index contributed by atoms with van der Waals surface area (Å²) in [7, 11) is 1.34. The Bertz CT molecular complexity index is 495. The first-order valence-corrected chi connectivity index (χ1v) is 9.65. The Hall–Kier alpha value is -1.37. The largest absolute Gasteiger partial charge is 0.467 e. The average molecular weight is 389 g/mol. The van der Waals surface area contributed by atoms with Crippen LogP contribution in [0.25, 0.3) is 0 Å². The van der Waals surface area contributed by atoms with E-state index in [1.165, 1.54) is 7.11 Å². The highest BCUT2D eigenvalue weighted by Crippen LogP contribution is 2.26. The molecule has 1 heterocycles. The van der Waals surface area contributed by atoms with Gasteiger partial charge in [0.05, 0.1) is 7.11 Å². The van der Waals surface area contributed by atoms with Crippen LogP contribution in [0.3, 0.4) is 0 Å². The third kappa shape index (κ3) is 7.48. The van der Waals surface area contributed by atoms with Gasteiger partial charge in [-0.25, -0.2) is 4.79 Å². The number of hydrogen-bond donors (Lipinski definition) is 1. The predicted octanol–water partition coefficient (Wildman–Crippen LogP) is 3.28. The van der Waals surface area contributed by atoms with Crippen molar-refractivity contribution in [2.75, 3.05) is 13.7 Å². The van der Waals surface area contributed by atoms with Crippen molar-refractivity contribution in [1.29, 1.82) is 0 Å². The zero-order valence-electron chi connectivity index (χ0n) is 17.8. The van der Waals surface area contributed by atoms with Gasteiger partial charge in [0.15, 0.2) is 0 Å². The molecule has 0 aromatic rings. The zero-order valence-corrected chi connectivity index (χ0v) is 18.6. The van der Waals surface area contributed by atoms with Crippen molar-refractivity contribution in [3.63, 3.8) is 0 Å². The van der Waals surface area contributed by atoms with Gasteiger partial charge in [0.25, 0.3) is 5.17 Å². The van der Waals surface area contributed by atoms with E-state index in [0.29, 0.717) is 13.0 Å². The maximum Gasteiger partial charge on any atom is 0.328 e. The fourth-order valence-electron chi connectivity index (χ4n) is 2.65. The number of rotatable bonds is 3. The highest BCUT2D eigenvalue weighted by atomic mass is 32.1. The Kier molecular flexibility index (Phi) is 9.56. The normalized spacial score (nSPS) is 18.3. The summed E-state index contributed by atoms with van der Waals surface area (Å²) in [4.78, 5) is 26.6. The number of carbonyl (C=O) groups is 2. The zero-order chi connectivity index (χ0) is 20.7. The number of methoxy groups -OCH3 is 1. The average Bonchev–Trinajstić information content (AvgIpc) is 3.00. The summed E-state index contributed by atoms with van der Waals surface area (Å²) in [5.74, 6) is -0.530. The first kappa shape index (κ1) is 24.6. The lowest BCUT2D eigenvalue weighted by Gasteiger charge is -2.36. The fourth-order valence-corrected chi connectivity index (χ4v) is 3.02. The molecule has 0 radical (unpaired) electrons. The van der Waals surface area contributed by atoms with Crippen LogP contribution in [0.15, 0.2) is 0 Å². The SMILES string of the molecule is CC.COC(=O)[C@@H]1CCCN1C(=O)C(NC(=S)OC(C)(C)C)C(C)(C)C. The maximum absolute atomic E-state index is 13.1. The third-order valence-corrected chi connectivity index (χ3v) is 3.98. The molecule has 2 atom stereocenters. The van der Waals surface area contributed by atoms with Gasteiger partial charge in [0.1, 0.15) is 17.7 Å². The van der Waals surface area contributed by atoms with Gasteiger partial charge in [0.2, 0.25) is 5.91 Å². The van der Waals surface area contributed by atoms with Crippen LogP contribution in [0.4, 0.5) is 0 Å². The fraction of sp³-hybridized carbons (Fsp3) is 0.842. The van der Waals surface area contributed by atoms with E-state index in [0.717, 1.165) is 6.42 Å². The lowest BCUT2D eigenvalue weighted by atomic mass is 9.85. The molecule has 26 heavy (non-hydrogen) atoms. The van der Waals surface area contributed by atoms with Crippen molar-refractivity contribution in [2.45, 2.75) is 85.9 Å². The van der Waals surface area contributed by atoms with Crippen molar-refractivity contribution >= 4 is 29.3 Å². The number of esters is 1. The van der Waals surface area contributed by atoms with Crippen LogP contribution in [0.1, 0.15) is 68.2 Å². The monoisotopic (exact) mass is 388 g/mol. The lowest BCUT2D eigenvalue weighted by Crippen LogP contribution is -2.57. The van der Waals surface area contributed by atoms with Crippen molar-refractivity contribution in [3.8, 4) is 0 Å². The first-order valence-electron chi connectivity index (χ1n) is 9.24. The van der Waals surface area contributed by atoms with E-state index in [4.69, 9.17) is 21.7 Å². The van der Waals surface area contributed by atoms with Crippen LogP contribution in [-0.2, 0) is 19.1 Å². The van der Waals surface area contributed by atoms with Crippen LogP contribution in [-0.4, -0.2) is 53.3 Å². The summed E-state index contributed by atoms with van der Waals surface area (Å²) in [6.45, 7) is 16.1. The molecule has 1 amide bonds. The minimum atomic E-state index is -0.586. The molecule has 0 spiro atoms. The van der Waals surface area contributed by atoms with Crippen molar-refractivity contribution < 1.29 is 19.1 Å². The Morgan fingerprint density at radius 1 is 1.15 bits per heavy atom. The molecule has 1 aliphatic heterocycles. The van der Waals surface area contributed by atoms with Crippen LogP contribution < -0.4 is 5.32 Å². The van der Waals surface area contributed by atoms with E-state index in [9.17, 15) is 9.59 Å². The molecule has 7 heteroatoms. The van der Waals surface area contributed by atoms with Gasteiger partial charge in [-0.2, -0.15) is 0 Å². The van der Waals surface area contributed by atoms with Crippen molar-refractivity contribution in [3.05, 3.63) is 0 Å². The molecule has 6 nitrogen and oxygen atoms in total. The number of likely N-dealkylation sites (tertiary alicyclic amines) is 1. The van der Waals surface area contributed by atoms with E-state index >= 15 is 0 Å². The number of amides is 1. The smallest absolute Gasteiger partial charge is 0.328 e. The molecule has 1 N–H and O–H groups in total. The number of thiocarbonyl (C=S) groups is 1. The van der Waals surface area contributed by atoms with E-state index in [-0.39, 0.29) is 17.1 Å². The molecule has 1 rings (SSSR count). The third-order valence-electron chi connectivity index (χ3n) is 3.78. The number of hydrogen-bond acceptors (Lipinski definition) is 5. The van der Waals surface area contributed by atoms with Crippen LogP contribution in [0.5, 0.6) is 0 Å². The predicted molar refractivity (Wildman–Crippen MR) is 108 cm³/mol. The lowest BCUT2D eigenvalue weighted by molar-refractivity contribution is -0.152. The van der Waals surface area contributed by atoms with E-state index in [1.807, 2.05) is 55.4 Å². The maximum atomic E-state index is 13.1. The van der Waals surface area contributed by atoms with E-state index in [2.05, 4.69) is 5.32 Å². The molecule has 1 unspecified atom stereocenters. The molecule has 0 aromatic heterocycles. The molecule has 0 aliphatic carbocycles. The standard InChI is InChI=1S/C17H30N2O4S.C2H6/c1-16(2,3)12(18-15(24)23-17(4,5)6)13(20)19-10-8-9-11(19)14(21)22-7;1-2/h11-12H,8-10H2,1-7H3,(H,18,24);1-2H3/t11-,12?;/m0./s1. The highest BCUT2D eigenvalue weighted by Gasteiger charge is 2.42. The van der Waals surface area contributed by atoms with Gasteiger partial charge in [-0.1, -0.05) is 34.6 Å². The minimum absolute atomic E-state index is 0.157. The summed E-state index contributed by atoms with van der Waals surface area (Å²) in [6.07, 6.45) is 1.41. The molecule has 152 valence electrons. The Labute approximate surface area is 164 Å². The van der Waals surface area contributed by atoms with Gasteiger partial charge in [0, 0.05) is 6.54 Å². The number of nitrogens with zero attached hydrogens (tertiary/aromatic N) is 1. The number of ether oxygens (including phenoxy) is 2. The molecule has 1 saturated heterocycles. The van der Waals surface area contributed by atoms with Crippen molar-refractivity contribution in [2.24, 2.45) is 5.41 Å². The Morgan fingerprint density at radius 3 is 2.12 bits per heavy atom. The highest BCUT2D eigenvalue weighted by molar-refractivity contribution is 7.80. The second kappa shape index (κ2) is 10.1. The number of carbonyl (C=O) groups excluding carboxylic acids is 2. The van der Waals surface area contributed by atoms with E-state index < -0.39 is 23.1 Å².